The minimum absolute atomic E-state index is 0.245. The molecule has 5 heteroatoms. The van der Waals surface area contributed by atoms with E-state index in [1.54, 1.807) is 6.26 Å². The van der Waals surface area contributed by atoms with Crippen LogP contribution in [0.3, 0.4) is 0 Å². The van der Waals surface area contributed by atoms with Gasteiger partial charge < -0.3 is 19.8 Å². The zero-order valence-electron chi connectivity index (χ0n) is 9.94. The molecule has 1 saturated heterocycles. The van der Waals surface area contributed by atoms with Crippen LogP contribution in [-0.4, -0.2) is 23.9 Å². The predicted octanol–water partition coefficient (Wildman–Crippen LogP) is 1.81. The lowest BCUT2D eigenvalue weighted by Crippen LogP contribution is -2.45. The number of rotatable bonds is 4. The van der Waals surface area contributed by atoms with E-state index >= 15 is 0 Å². The van der Waals surface area contributed by atoms with Crippen molar-refractivity contribution in [3.63, 3.8) is 0 Å². The average molecular weight is 254 g/mol. The predicted molar refractivity (Wildman–Crippen MR) is 69.7 cm³/mol. The Hall–Kier alpha value is -1.07. The summed E-state index contributed by atoms with van der Waals surface area (Å²) in [6, 6.07) is 4.02. The van der Waals surface area contributed by atoms with Crippen molar-refractivity contribution in [3.05, 3.63) is 24.2 Å². The Kier molecular flexibility index (Phi) is 4.39. The SMILES string of the molecule is C[C@H](NC(=S)NCc1ccco1)[C@@H]1CCCO1. The lowest BCUT2D eigenvalue weighted by atomic mass is 10.1. The van der Waals surface area contributed by atoms with E-state index in [0.29, 0.717) is 11.7 Å². The topological polar surface area (TPSA) is 46.4 Å². The van der Waals surface area contributed by atoms with Gasteiger partial charge in [-0.3, -0.25) is 0 Å². The molecule has 94 valence electrons. The standard InChI is InChI=1S/C12H18N2O2S/c1-9(11-5-3-7-16-11)14-12(17)13-8-10-4-2-6-15-10/h2,4,6,9,11H,3,5,7-8H2,1H3,(H2,13,14,17)/t9-,11-/m0/s1. The van der Waals surface area contributed by atoms with Crippen molar-refractivity contribution >= 4 is 17.3 Å². The van der Waals surface area contributed by atoms with Crippen molar-refractivity contribution in [1.82, 2.24) is 10.6 Å². The fourth-order valence-electron chi connectivity index (χ4n) is 1.93. The van der Waals surface area contributed by atoms with Crippen LogP contribution < -0.4 is 10.6 Å². The van der Waals surface area contributed by atoms with Crippen LogP contribution in [0.2, 0.25) is 0 Å². The third kappa shape index (κ3) is 3.71. The van der Waals surface area contributed by atoms with Crippen LogP contribution in [0.5, 0.6) is 0 Å². The molecule has 0 aliphatic carbocycles. The van der Waals surface area contributed by atoms with Crippen molar-refractivity contribution in [2.75, 3.05) is 6.61 Å². The van der Waals surface area contributed by atoms with Crippen molar-refractivity contribution < 1.29 is 9.15 Å². The van der Waals surface area contributed by atoms with Gasteiger partial charge in [-0.2, -0.15) is 0 Å². The number of furan rings is 1. The maximum atomic E-state index is 5.60. The highest BCUT2D eigenvalue weighted by Gasteiger charge is 2.22. The Morgan fingerprint density at radius 1 is 1.65 bits per heavy atom. The molecule has 2 N–H and O–H groups in total. The first-order valence-corrected chi connectivity index (χ1v) is 6.35. The number of hydrogen-bond donors (Lipinski definition) is 2. The summed E-state index contributed by atoms with van der Waals surface area (Å²) < 4.78 is 10.8. The first kappa shape index (κ1) is 12.4. The van der Waals surface area contributed by atoms with Gasteiger partial charge in [-0.1, -0.05) is 0 Å². The maximum absolute atomic E-state index is 5.60. The van der Waals surface area contributed by atoms with Gasteiger partial charge in [0.15, 0.2) is 5.11 Å². The molecule has 0 aromatic carbocycles. The van der Waals surface area contributed by atoms with E-state index in [1.807, 2.05) is 12.1 Å². The molecule has 2 atom stereocenters. The Labute approximate surface area is 107 Å². The fourth-order valence-corrected chi connectivity index (χ4v) is 2.19. The summed E-state index contributed by atoms with van der Waals surface area (Å²) in [5.41, 5.74) is 0. The molecule has 1 aromatic rings. The number of ether oxygens (including phenoxy) is 1. The van der Waals surface area contributed by atoms with Crippen LogP contribution in [-0.2, 0) is 11.3 Å². The summed E-state index contributed by atoms with van der Waals surface area (Å²) in [6.07, 6.45) is 4.18. The van der Waals surface area contributed by atoms with Crippen molar-refractivity contribution in [3.8, 4) is 0 Å². The molecular weight excluding hydrogens is 236 g/mol. The summed E-state index contributed by atoms with van der Waals surface area (Å²) in [5, 5.41) is 6.99. The molecule has 2 rings (SSSR count). The summed E-state index contributed by atoms with van der Waals surface area (Å²) in [6.45, 7) is 3.57. The van der Waals surface area contributed by atoms with Gasteiger partial charge in [0.1, 0.15) is 5.76 Å². The number of nitrogens with one attached hydrogen (secondary N) is 2. The summed E-state index contributed by atoms with van der Waals surface area (Å²) in [7, 11) is 0. The summed E-state index contributed by atoms with van der Waals surface area (Å²) in [5.74, 6) is 0.874. The van der Waals surface area contributed by atoms with E-state index in [9.17, 15) is 0 Å². The van der Waals surface area contributed by atoms with Crippen molar-refractivity contribution in [2.45, 2.75) is 38.5 Å². The van der Waals surface area contributed by atoms with Crippen LogP contribution in [0.25, 0.3) is 0 Å². The Balaban J connectivity index is 1.69. The van der Waals surface area contributed by atoms with E-state index in [0.717, 1.165) is 25.2 Å². The molecule has 0 saturated carbocycles. The van der Waals surface area contributed by atoms with E-state index in [1.165, 1.54) is 0 Å². The van der Waals surface area contributed by atoms with E-state index in [4.69, 9.17) is 21.4 Å². The zero-order valence-corrected chi connectivity index (χ0v) is 10.8. The van der Waals surface area contributed by atoms with Gasteiger partial charge in [0.2, 0.25) is 0 Å². The van der Waals surface area contributed by atoms with E-state index in [-0.39, 0.29) is 12.1 Å². The highest BCUT2D eigenvalue weighted by molar-refractivity contribution is 7.80. The largest absolute Gasteiger partial charge is 0.467 e. The average Bonchev–Trinajstić information content (AvgIpc) is 2.99. The van der Waals surface area contributed by atoms with Gasteiger partial charge in [-0.15, -0.1) is 0 Å². The van der Waals surface area contributed by atoms with Crippen LogP contribution in [0.1, 0.15) is 25.5 Å². The van der Waals surface area contributed by atoms with E-state index in [2.05, 4.69) is 17.6 Å². The Morgan fingerprint density at radius 2 is 2.53 bits per heavy atom. The molecule has 1 fully saturated rings. The molecule has 17 heavy (non-hydrogen) atoms. The fraction of sp³-hybridized carbons (Fsp3) is 0.583. The van der Waals surface area contributed by atoms with Crippen molar-refractivity contribution in [1.29, 1.82) is 0 Å². The lowest BCUT2D eigenvalue weighted by molar-refractivity contribution is 0.0892. The molecule has 1 aliphatic heterocycles. The molecule has 0 amide bonds. The molecule has 0 spiro atoms. The lowest BCUT2D eigenvalue weighted by Gasteiger charge is -2.21. The third-order valence-corrected chi connectivity index (χ3v) is 3.15. The van der Waals surface area contributed by atoms with Gasteiger partial charge >= 0.3 is 0 Å². The van der Waals surface area contributed by atoms with Crippen LogP contribution in [0, 0.1) is 0 Å². The number of hydrogen-bond acceptors (Lipinski definition) is 3. The Morgan fingerprint density at radius 3 is 3.18 bits per heavy atom. The highest BCUT2D eigenvalue weighted by atomic mass is 32.1. The molecule has 1 aliphatic rings. The molecule has 0 bridgehead atoms. The summed E-state index contributed by atoms with van der Waals surface area (Å²) >= 11 is 5.22. The van der Waals surface area contributed by atoms with Crippen LogP contribution in [0.4, 0.5) is 0 Å². The molecule has 0 radical (unpaired) electrons. The Bertz CT molecular complexity index is 347. The normalized spacial score (nSPS) is 21.1. The third-order valence-electron chi connectivity index (χ3n) is 2.88. The second-order valence-electron chi connectivity index (χ2n) is 4.25. The minimum atomic E-state index is 0.245. The van der Waals surface area contributed by atoms with Crippen LogP contribution in [0.15, 0.2) is 22.8 Å². The monoisotopic (exact) mass is 254 g/mol. The molecule has 0 unspecified atom stereocenters. The minimum Gasteiger partial charge on any atom is -0.467 e. The molecule has 4 nitrogen and oxygen atoms in total. The zero-order chi connectivity index (χ0) is 12.1. The number of thiocarbonyl (C=S) groups is 1. The van der Waals surface area contributed by atoms with Gasteiger partial charge in [-0.25, -0.2) is 0 Å². The van der Waals surface area contributed by atoms with Gasteiger partial charge in [0, 0.05) is 6.61 Å². The van der Waals surface area contributed by atoms with Crippen molar-refractivity contribution in [2.24, 2.45) is 0 Å². The molecule has 1 aromatic heterocycles. The smallest absolute Gasteiger partial charge is 0.166 e. The second kappa shape index (κ2) is 6.02. The maximum Gasteiger partial charge on any atom is 0.166 e. The highest BCUT2D eigenvalue weighted by Crippen LogP contribution is 2.15. The first-order chi connectivity index (χ1) is 8.25. The van der Waals surface area contributed by atoms with E-state index < -0.39 is 0 Å². The second-order valence-corrected chi connectivity index (χ2v) is 4.65. The first-order valence-electron chi connectivity index (χ1n) is 5.94. The van der Waals surface area contributed by atoms with Gasteiger partial charge in [0.25, 0.3) is 0 Å². The van der Waals surface area contributed by atoms with Gasteiger partial charge in [-0.05, 0) is 44.1 Å². The van der Waals surface area contributed by atoms with Crippen LogP contribution >= 0.6 is 12.2 Å². The molecular formula is C12H18N2O2S. The van der Waals surface area contributed by atoms with Gasteiger partial charge in [0.05, 0.1) is 25.0 Å². The quantitative estimate of drug-likeness (QED) is 0.802. The summed E-state index contributed by atoms with van der Waals surface area (Å²) in [4.78, 5) is 0. The molecule has 2 heterocycles.